The summed E-state index contributed by atoms with van der Waals surface area (Å²) in [6.45, 7) is 11.1. The molecule has 0 saturated carbocycles. The first-order valence-electron chi connectivity index (χ1n) is 8.15. The van der Waals surface area contributed by atoms with Gasteiger partial charge in [0.25, 0.3) is 0 Å². The number of ether oxygens (including phenoxy) is 1. The minimum atomic E-state index is 0.218. The third-order valence-electron chi connectivity index (χ3n) is 3.98. The zero-order valence-corrected chi connectivity index (χ0v) is 14.9. The number of hydrogen-bond acceptors (Lipinski definition) is 5. The van der Waals surface area contributed by atoms with Crippen LogP contribution in [0.2, 0.25) is 0 Å². The molecule has 0 aromatic carbocycles. The summed E-state index contributed by atoms with van der Waals surface area (Å²) in [7, 11) is 0. The summed E-state index contributed by atoms with van der Waals surface area (Å²) in [4.78, 5) is 6.51. The molecule has 0 aliphatic carbocycles. The molecule has 0 amide bonds. The maximum Gasteiger partial charge on any atom is 0.199 e. The largest absolute Gasteiger partial charge is 0.373 e. The third-order valence-corrected chi connectivity index (χ3v) is 4.41. The van der Waals surface area contributed by atoms with E-state index < -0.39 is 0 Å². The Hall–Kier alpha value is -1.83. The third kappa shape index (κ3) is 3.63. The lowest BCUT2D eigenvalue weighted by Crippen LogP contribution is -2.46. The molecule has 2 atom stereocenters. The minimum absolute atomic E-state index is 0.218. The number of hydrogen-bond donors (Lipinski definition) is 0. The fraction of sp³-hybridized carbons (Fsp3) is 0.471. The van der Waals surface area contributed by atoms with Crippen molar-refractivity contribution in [1.82, 2.24) is 24.2 Å². The highest BCUT2D eigenvalue weighted by Crippen LogP contribution is 2.18. The van der Waals surface area contributed by atoms with E-state index in [1.54, 1.807) is 12.4 Å². The number of allylic oxidation sites excluding steroid dienone is 1. The van der Waals surface area contributed by atoms with Crippen LogP contribution in [0, 0.1) is 4.77 Å². The van der Waals surface area contributed by atoms with Crippen LogP contribution in [0.15, 0.2) is 37.2 Å². The second kappa shape index (κ2) is 7.38. The van der Waals surface area contributed by atoms with Crippen LogP contribution in [0.1, 0.15) is 13.8 Å². The van der Waals surface area contributed by atoms with E-state index >= 15 is 0 Å². The Labute approximate surface area is 147 Å². The van der Waals surface area contributed by atoms with Gasteiger partial charge in [0, 0.05) is 37.6 Å². The molecular formula is C17H23N5OS. The van der Waals surface area contributed by atoms with Crippen molar-refractivity contribution in [1.29, 1.82) is 0 Å². The van der Waals surface area contributed by atoms with Gasteiger partial charge in [-0.25, -0.2) is 4.68 Å². The van der Waals surface area contributed by atoms with Gasteiger partial charge in [-0.1, -0.05) is 6.08 Å². The molecule has 2 aromatic heterocycles. The van der Waals surface area contributed by atoms with Crippen molar-refractivity contribution in [3.8, 4) is 11.4 Å². The Bertz CT molecular complexity index is 744. The zero-order chi connectivity index (χ0) is 17.1. The normalized spacial score (nSPS) is 21.8. The maximum atomic E-state index is 5.80. The molecule has 1 aliphatic heterocycles. The first kappa shape index (κ1) is 17.0. The zero-order valence-electron chi connectivity index (χ0n) is 14.1. The Morgan fingerprint density at radius 3 is 2.75 bits per heavy atom. The van der Waals surface area contributed by atoms with E-state index in [0.717, 1.165) is 24.5 Å². The van der Waals surface area contributed by atoms with Crippen molar-refractivity contribution in [3.05, 3.63) is 42.0 Å². The molecule has 2 aromatic rings. The van der Waals surface area contributed by atoms with Crippen molar-refractivity contribution in [2.75, 3.05) is 13.1 Å². The molecule has 1 fully saturated rings. The van der Waals surface area contributed by atoms with E-state index in [0.29, 0.717) is 18.0 Å². The van der Waals surface area contributed by atoms with E-state index in [1.807, 2.05) is 27.5 Å². The highest BCUT2D eigenvalue weighted by Gasteiger charge is 2.23. The number of aromatic nitrogens is 4. The topological polar surface area (TPSA) is 48.1 Å². The lowest BCUT2D eigenvalue weighted by molar-refractivity contribution is -0.0777. The molecule has 7 heteroatoms. The minimum Gasteiger partial charge on any atom is -0.373 e. The summed E-state index contributed by atoms with van der Waals surface area (Å²) in [5.41, 5.74) is 0.952. The summed E-state index contributed by atoms with van der Waals surface area (Å²) in [6.07, 6.45) is 5.83. The number of morpholine rings is 1. The number of pyridine rings is 1. The smallest absolute Gasteiger partial charge is 0.199 e. The predicted molar refractivity (Wildman–Crippen MR) is 96.1 cm³/mol. The van der Waals surface area contributed by atoms with E-state index in [2.05, 4.69) is 30.3 Å². The molecule has 0 spiro atoms. The van der Waals surface area contributed by atoms with E-state index in [1.165, 1.54) is 0 Å². The Morgan fingerprint density at radius 2 is 2.12 bits per heavy atom. The lowest BCUT2D eigenvalue weighted by Gasteiger charge is -2.34. The molecule has 128 valence electrons. The first-order valence-corrected chi connectivity index (χ1v) is 8.56. The molecule has 1 saturated heterocycles. The molecule has 24 heavy (non-hydrogen) atoms. The molecule has 6 nitrogen and oxygen atoms in total. The molecular weight excluding hydrogens is 322 g/mol. The highest BCUT2D eigenvalue weighted by atomic mass is 32.1. The van der Waals surface area contributed by atoms with Gasteiger partial charge in [0.1, 0.15) is 0 Å². The molecule has 0 radical (unpaired) electrons. The van der Waals surface area contributed by atoms with Crippen LogP contribution >= 0.6 is 12.2 Å². The number of nitrogens with zero attached hydrogens (tertiary/aromatic N) is 5. The van der Waals surface area contributed by atoms with Crippen LogP contribution < -0.4 is 0 Å². The van der Waals surface area contributed by atoms with Crippen LogP contribution in [0.5, 0.6) is 0 Å². The van der Waals surface area contributed by atoms with Gasteiger partial charge < -0.3 is 4.74 Å². The van der Waals surface area contributed by atoms with Crippen LogP contribution in [0.4, 0.5) is 0 Å². The average Bonchev–Trinajstić information content (AvgIpc) is 2.85. The van der Waals surface area contributed by atoms with Gasteiger partial charge in [0.2, 0.25) is 0 Å². The van der Waals surface area contributed by atoms with Gasteiger partial charge in [-0.2, -0.15) is 5.10 Å². The predicted octanol–water partition coefficient (Wildman–Crippen LogP) is 2.73. The van der Waals surface area contributed by atoms with Crippen molar-refractivity contribution >= 4 is 12.2 Å². The second-order valence-electron chi connectivity index (χ2n) is 6.18. The van der Waals surface area contributed by atoms with E-state index in [9.17, 15) is 0 Å². The molecule has 0 N–H and O–H groups in total. The number of rotatable bonds is 5. The molecule has 1 aliphatic rings. The molecule has 3 rings (SSSR count). The summed E-state index contributed by atoms with van der Waals surface area (Å²) in [6, 6.07) is 3.90. The van der Waals surface area contributed by atoms with Crippen molar-refractivity contribution < 1.29 is 4.74 Å². The summed E-state index contributed by atoms with van der Waals surface area (Å²) in [5, 5.41) is 4.75. The molecule has 0 bridgehead atoms. The first-order chi connectivity index (χ1) is 11.6. The van der Waals surface area contributed by atoms with Crippen molar-refractivity contribution in [2.24, 2.45) is 0 Å². The fourth-order valence-electron chi connectivity index (χ4n) is 3.12. The second-order valence-corrected chi connectivity index (χ2v) is 6.55. The maximum absolute atomic E-state index is 5.80. The Morgan fingerprint density at radius 1 is 1.38 bits per heavy atom. The van der Waals surface area contributed by atoms with Gasteiger partial charge in [-0.15, -0.1) is 6.58 Å². The van der Waals surface area contributed by atoms with E-state index in [-0.39, 0.29) is 12.2 Å². The molecule has 0 unspecified atom stereocenters. The van der Waals surface area contributed by atoms with Gasteiger partial charge in [-0.3, -0.25) is 14.5 Å². The quantitative estimate of drug-likeness (QED) is 0.616. The van der Waals surface area contributed by atoms with Crippen LogP contribution in [-0.4, -0.2) is 49.5 Å². The monoisotopic (exact) mass is 345 g/mol. The summed E-state index contributed by atoms with van der Waals surface area (Å²) < 4.78 is 10.4. The van der Waals surface area contributed by atoms with Crippen LogP contribution in [0.3, 0.4) is 0 Å². The Balaban J connectivity index is 1.91. The lowest BCUT2D eigenvalue weighted by atomic mass is 10.2. The van der Waals surface area contributed by atoms with Crippen molar-refractivity contribution in [3.63, 3.8) is 0 Å². The van der Waals surface area contributed by atoms with Crippen LogP contribution in [-0.2, 0) is 18.0 Å². The van der Waals surface area contributed by atoms with Gasteiger partial charge >= 0.3 is 0 Å². The SMILES string of the molecule is C=CCn1c(-c2cccnc2)nn(CN2C[C@@H](C)O[C@@H](C)C2)c1=S. The summed E-state index contributed by atoms with van der Waals surface area (Å²) >= 11 is 5.64. The van der Waals surface area contributed by atoms with Crippen LogP contribution in [0.25, 0.3) is 11.4 Å². The average molecular weight is 345 g/mol. The molecule has 3 heterocycles. The summed E-state index contributed by atoms with van der Waals surface area (Å²) in [5.74, 6) is 0.822. The Kier molecular flexibility index (Phi) is 5.23. The van der Waals surface area contributed by atoms with Gasteiger partial charge in [0.15, 0.2) is 10.6 Å². The highest BCUT2D eigenvalue weighted by molar-refractivity contribution is 7.71. The van der Waals surface area contributed by atoms with Gasteiger partial charge in [0.05, 0.1) is 18.9 Å². The fourth-order valence-corrected chi connectivity index (χ4v) is 3.38. The van der Waals surface area contributed by atoms with Gasteiger partial charge in [-0.05, 0) is 38.2 Å². The van der Waals surface area contributed by atoms with Crippen molar-refractivity contribution in [2.45, 2.75) is 39.3 Å². The standard InChI is InChI=1S/C17H23N5OS/c1-4-8-21-16(15-6-5-7-18-9-15)19-22(17(21)24)12-20-10-13(2)23-14(3)11-20/h4-7,9,13-14H,1,8,10-12H2,2-3H3/t13-,14+. The van der Waals surface area contributed by atoms with E-state index in [4.69, 9.17) is 22.1 Å².